The number of aliphatic hydroxyl groups is 1. The van der Waals surface area contributed by atoms with Gasteiger partial charge < -0.3 is 9.84 Å². The van der Waals surface area contributed by atoms with Gasteiger partial charge in [-0.25, -0.2) is 0 Å². The van der Waals surface area contributed by atoms with E-state index < -0.39 is 31.2 Å². The summed E-state index contributed by atoms with van der Waals surface area (Å²) in [6.45, 7) is -0.00645. The average Bonchev–Trinajstić information content (AvgIpc) is 1.78. The van der Waals surface area contributed by atoms with Gasteiger partial charge in [-0.2, -0.15) is 26.3 Å². The lowest BCUT2D eigenvalue weighted by Gasteiger charge is -2.23. The first-order valence-corrected chi connectivity index (χ1v) is 3.48. The van der Waals surface area contributed by atoms with Gasteiger partial charge in [0.05, 0.1) is 12.7 Å². The molecule has 0 saturated carbocycles. The topological polar surface area (TPSA) is 29.5 Å². The third-order valence-electron chi connectivity index (χ3n) is 1.10. The molecule has 0 aromatic rings. The standard InChI is InChI=1S/C6H8F6O2/c1-3(13)2-14-4(5(7,8)9)6(10,11)12/h3-4,13H,2H2,1H3/t3-/m1/s1. The maximum absolute atomic E-state index is 11.7. The first-order chi connectivity index (χ1) is 6.05. The predicted octanol–water partition coefficient (Wildman–Crippen LogP) is 1.88. The molecule has 0 spiro atoms. The lowest BCUT2D eigenvalue weighted by molar-refractivity contribution is -0.324. The molecule has 8 heteroatoms. The molecule has 1 atom stereocenters. The molecule has 0 amide bonds. The third kappa shape index (κ3) is 4.66. The van der Waals surface area contributed by atoms with Crippen molar-refractivity contribution < 1.29 is 36.2 Å². The largest absolute Gasteiger partial charge is 0.423 e. The van der Waals surface area contributed by atoms with Gasteiger partial charge in [-0.05, 0) is 6.92 Å². The molecule has 14 heavy (non-hydrogen) atoms. The smallest absolute Gasteiger partial charge is 0.391 e. The molecule has 0 heterocycles. The highest BCUT2D eigenvalue weighted by Gasteiger charge is 2.57. The maximum Gasteiger partial charge on any atom is 0.423 e. The molecule has 1 N–H and O–H groups in total. The number of hydrogen-bond acceptors (Lipinski definition) is 2. The first kappa shape index (κ1) is 13.5. The van der Waals surface area contributed by atoms with E-state index in [-0.39, 0.29) is 0 Å². The van der Waals surface area contributed by atoms with E-state index in [1.807, 2.05) is 0 Å². The van der Waals surface area contributed by atoms with Crippen LogP contribution in [-0.2, 0) is 4.74 Å². The third-order valence-corrected chi connectivity index (χ3v) is 1.10. The summed E-state index contributed by atoms with van der Waals surface area (Å²) in [7, 11) is 0. The maximum atomic E-state index is 11.7. The minimum atomic E-state index is -5.52. The average molecular weight is 226 g/mol. The van der Waals surface area contributed by atoms with Crippen LogP contribution in [0.1, 0.15) is 6.92 Å². The summed E-state index contributed by atoms with van der Waals surface area (Å²) in [5, 5.41) is 8.47. The zero-order valence-corrected chi connectivity index (χ0v) is 6.99. The van der Waals surface area contributed by atoms with Crippen molar-refractivity contribution >= 4 is 0 Å². The first-order valence-electron chi connectivity index (χ1n) is 3.48. The van der Waals surface area contributed by atoms with Crippen molar-refractivity contribution in [2.75, 3.05) is 6.61 Å². The number of halogens is 6. The lowest BCUT2D eigenvalue weighted by atomic mass is 10.3. The highest BCUT2D eigenvalue weighted by molar-refractivity contribution is 4.76. The van der Waals surface area contributed by atoms with Crippen molar-refractivity contribution in [3.63, 3.8) is 0 Å². The molecule has 2 nitrogen and oxygen atoms in total. The fraction of sp³-hybridized carbons (Fsp3) is 1.00. The van der Waals surface area contributed by atoms with E-state index in [9.17, 15) is 26.3 Å². The van der Waals surface area contributed by atoms with Gasteiger partial charge in [-0.3, -0.25) is 0 Å². The van der Waals surface area contributed by atoms with Crippen LogP contribution in [0, 0.1) is 0 Å². The second-order valence-corrected chi connectivity index (χ2v) is 2.65. The fourth-order valence-electron chi connectivity index (χ4n) is 0.610. The van der Waals surface area contributed by atoms with Crippen LogP contribution in [-0.4, -0.2) is 36.3 Å². The Bertz CT molecular complexity index is 158. The minimum Gasteiger partial charge on any atom is -0.391 e. The number of ether oxygens (including phenoxy) is 1. The quantitative estimate of drug-likeness (QED) is 0.744. The van der Waals surface area contributed by atoms with Crippen LogP contribution >= 0.6 is 0 Å². The van der Waals surface area contributed by atoms with Crippen LogP contribution < -0.4 is 0 Å². The molecule has 0 rings (SSSR count). The predicted molar refractivity (Wildman–Crippen MR) is 33.5 cm³/mol. The van der Waals surface area contributed by atoms with Gasteiger partial charge in [-0.15, -0.1) is 0 Å². The molecular weight excluding hydrogens is 218 g/mol. The van der Waals surface area contributed by atoms with Crippen molar-refractivity contribution in [2.24, 2.45) is 0 Å². The van der Waals surface area contributed by atoms with Crippen LogP contribution in [0.4, 0.5) is 26.3 Å². The van der Waals surface area contributed by atoms with Crippen LogP contribution in [0.5, 0.6) is 0 Å². The number of aliphatic hydroxyl groups excluding tert-OH is 1. The van der Waals surface area contributed by atoms with Crippen molar-refractivity contribution in [1.82, 2.24) is 0 Å². The molecule has 0 aliphatic rings. The van der Waals surface area contributed by atoms with E-state index in [1.54, 1.807) is 0 Å². The molecule has 86 valence electrons. The number of hydrogen-bond donors (Lipinski definition) is 1. The fourth-order valence-corrected chi connectivity index (χ4v) is 0.610. The SMILES string of the molecule is C[C@@H](O)COC(C(F)(F)F)C(F)(F)F. The van der Waals surface area contributed by atoms with Crippen LogP contribution in [0.15, 0.2) is 0 Å². The molecule has 0 radical (unpaired) electrons. The lowest BCUT2D eigenvalue weighted by Crippen LogP contribution is -2.45. The summed E-state index contributed by atoms with van der Waals surface area (Å²) in [6, 6.07) is 0. The molecule has 0 aromatic carbocycles. The molecule has 0 fully saturated rings. The summed E-state index contributed by atoms with van der Waals surface area (Å²) in [5.41, 5.74) is 0. The number of alkyl halides is 6. The minimum absolute atomic E-state index is 1.02. The summed E-state index contributed by atoms with van der Waals surface area (Å²) in [5.74, 6) is 0. The van der Waals surface area contributed by atoms with E-state index in [2.05, 4.69) is 4.74 Å². The van der Waals surface area contributed by atoms with Gasteiger partial charge in [0, 0.05) is 0 Å². The van der Waals surface area contributed by atoms with Crippen LogP contribution in [0.2, 0.25) is 0 Å². The van der Waals surface area contributed by atoms with Gasteiger partial charge in [-0.1, -0.05) is 0 Å². The van der Waals surface area contributed by atoms with Gasteiger partial charge in [0.2, 0.25) is 6.10 Å². The molecule has 0 unspecified atom stereocenters. The molecular formula is C6H8F6O2. The number of rotatable bonds is 3. The Labute approximate surface area is 75.5 Å². The second kappa shape index (κ2) is 4.35. The zero-order chi connectivity index (χ0) is 11.6. The summed E-state index contributed by atoms with van der Waals surface area (Å²) >= 11 is 0. The van der Waals surface area contributed by atoms with E-state index in [0.717, 1.165) is 6.92 Å². The van der Waals surface area contributed by atoms with Crippen LogP contribution in [0.25, 0.3) is 0 Å². The Hall–Kier alpha value is -0.500. The van der Waals surface area contributed by atoms with Crippen LogP contribution in [0.3, 0.4) is 0 Å². The summed E-state index contributed by atoms with van der Waals surface area (Å²) in [6.07, 6.45) is -16.3. The monoisotopic (exact) mass is 226 g/mol. The Morgan fingerprint density at radius 3 is 1.64 bits per heavy atom. The van der Waals surface area contributed by atoms with Gasteiger partial charge in [0.25, 0.3) is 0 Å². The van der Waals surface area contributed by atoms with Crippen molar-refractivity contribution in [3.05, 3.63) is 0 Å². The normalized spacial score (nSPS) is 16.1. The Morgan fingerprint density at radius 1 is 1.07 bits per heavy atom. The van der Waals surface area contributed by atoms with Gasteiger partial charge in [0.1, 0.15) is 0 Å². The van der Waals surface area contributed by atoms with Crippen molar-refractivity contribution in [2.45, 2.75) is 31.5 Å². The van der Waals surface area contributed by atoms with Gasteiger partial charge in [0.15, 0.2) is 0 Å². The summed E-state index contributed by atoms with van der Waals surface area (Å²) in [4.78, 5) is 0. The molecule has 0 aliphatic heterocycles. The molecule has 0 bridgehead atoms. The highest BCUT2D eigenvalue weighted by Crippen LogP contribution is 2.35. The Balaban J connectivity index is 4.44. The van der Waals surface area contributed by atoms with Crippen molar-refractivity contribution in [3.8, 4) is 0 Å². The Morgan fingerprint density at radius 2 is 1.43 bits per heavy atom. The molecule has 0 aromatic heterocycles. The van der Waals surface area contributed by atoms with Crippen molar-refractivity contribution in [1.29, 1.82) is 0 Å². The van der Waals surface area contributed by atoms with E-state index in [0.29, 0.717) is 0 Å². The van der Waals surface area contributed by atoms with E-state index in [1.165, 1.54) is 0 Å². The second-order valence-electron chi connectivity index (χ2n) is 2.65. The zero-order valence-electron chi connectivity index (χ0n) is 6.99. The van der Waals surface area contributed by atoms with E-state index >= 15 is 0 Å². The van der Waals surface area contributed by atoms with Gasteiger partial charge >= 0.3 is 12.4 Å². The Kier molecular flexibility index (Phi) is 4.19. The van der Waals surface area contributed by atoms with E-state index in [4.69, 9.17) is 5.11 Å². The highest BCUT2D eigenvalue weighted by atomic mass is 19.4. The molecule has 0 saturated heterocycles. The summed E-state index contributed by atoms with van der Waals surface area (Å²) < 4.78 is 74.0. The molecule has 0 aliphatic carbocycles.